The summed E-state index contributed by atoms with van der Waals surface area (Å²) in [4.78, 5) is 78.7. The number of nitrogens with one attached hydrogen (secondary N) is 4. The van der Waals surface area contributed by atoms with E-state index in [4.69, 9.17) is 15.0 Å². The highest BCUT2D eigenvalue weighted by Gasteiger charge is 2.56. The number of carbonyl (C=O) groups is 4. The number of methoxy groups -OCH3 is 2. The van der Waals surface area contributed by atoms with Gasteiger partial charge in [0.2, 0.25) is 11.8 Å². The highest BCUT2D eigenvalue weighted by atomic mass is 16.5. The number of aromatic amines is 2. The van der Waals surface area contributed by atoms with E-state index in [-0.39, 0.29) is 49.1 Å². The molecule has 5 aromatic rings. The van der Waals surface area contributed by atoms with E-state index in [1.807, 2.05) is 46.2 Å². The van der Waals surface area contributed by atoms with Gasteiger partial charge in [-0.15, -0.1) is 0 Å². The van der Waals surface area contributed by atoms with Crippen LogP contribution in [0.25, 0.3) is 44.6 Å². The van der Waals surface area contributed by atoms with Crippen molar-refractivity contribution in [2.45, 2.75) is 49.9 Å². The second kappa shape index (κ2) is 12.3. The lowest BCUT2D eigenvalue weighted by Gasteiger charge is -2.26. The SMILES string of the molecule is COC(=O)NCC(=O)N1[C@@H]2C[C@@H]2C[C@H]1c1ncc(-c2cnc3cc(-c4ccc5nc([C@@H]6C[C@H]7C[C@H]7N6C(=O)CNC(=O)OC)[nH]c5c4)ccc3n2)[nH]1. The smallest absolute Gasteiger partial charge is 0.407 e. The number of aromatic nitrogens is 6. The number of nitrogens with zero attached hydrogens (tertiary/aromatic N) is 6. The van der Waals surface area contributed by atoms with Gasteiger partial charge in [0.05, 0.1) is 66.5 Å². The molecule has 9 rings (SSSR count). The summed E-state index contributed by atoms with van der Waals surface area (Å²) in [6.45, 7) is -0.247. The van der Waals surface area contributed by atoms with Crippen molar-refractivity contribution in [1.29, 1.82) is 0 Å². The highest BCUT2D eigenvalue weighted by Crippen LogP contribution is 2.54. The van der Waals surface area contributed by atoms with E-state index in [1.165, 1.54) is 14.2 Å². The average molecular weight is 705 g/mol. The van der Waals surface area contributed by atoms with Gasteiger partial charge in [0.1, 0.15) is 30.4 Å². The zero-order valence-corrected chi connectivity index (χ0v) is 28.5. The predicted molar refractivity (Wildman–Crippen MR) is 185 cm³/mol. The summed E-state index contributed by atoms with van der Waals surface area (Å²) < 4.78 is 9.22. The fourth-order valence-corrected chi connectivity index (χ4v) is 8.06. The number of rotatable bonds is 8. The summed E-state index contributed by atoms with van der Waals surface area (Å²) >= 11 is 0. The Hall–Kier alpha value is -6.06. The number of H-pyrrole nitrogens is 2. The van der Waals surface area contributed by atoms with Crippen LogP contribution in [0.4, 0.5) is 9.59 Å². The first kappa shape index (κ1) is 31.9. The molecule has 52 heavy (non-hydrogen) atoms. The van der Waals surface area contributed by atoms with Gasteiger partial charge in [0.15, 0.2) is 0 Å². The van der Waals surface area contributed by atoms with Gasteiger partial charge in [0.25, 0.3) is 0 Å². The lowest BCUT2D eigenvalue weighted by atomic mass is 10.0. The van der Waals surface area contributed by atoms with Crippen LogP contribution in [0.2, 0.25) is 0 Å². The molecule has 0 radical (unpaired) electrons. The molecule has 0 bridgehead atoms. The van der Waals surface area contributed by atoms with E-state index in [0.29, 0.717) is 29.0 Å². The molecule has 4 aliphatic rings. The van der Waals surface area contributed by atoms with Crippen LogP contribution in [-0.4, -0.2) is 103 Å². The monoisotopic (exact) mass is 704 g/mol. The molecule has 0 unspecified atom stereocenters. The first-order valence-electron chi connectivity index (χ1n) is 17.4. The first-order valence-corrected chi connectivity index (χ1v) is 17.4. The minimum absolute atomic E-state index is 0.118. The molecule has 5 heterocycles. The van der Waals surface area contributed by atoms with Crippen LogP contribution in [0.3, 0.4) is 0 Å². The number of likely N-dealkylation sites (tertiary alicyclic amines) is 2. The Balaban J connectivity index is 0.911. The van der Waals surface area contributed by atoms with Crippen molar-refractivity contribution in [3.8, 4) is 22.5 Å². The Morgan fingerprint density at radius 1 is 0.712 bits per heavy atom. The van der Waals surface area contributed by atoms with Gasteiger partial charge in [-0.3, -0.25) is 14.6 Å². The maximum absolute atomic E-state index is 13.1. The number of carbonyl (C=O) groups excluding carboxylic acids is 4. The normalized spacial score (nSPS) is 24.0. The van der Waals surface area contributed by atoms with Gasteiger partial charge < -0.3 is 39.9 Å². The third-order valence-electron chi connectivity index (χ3n) is 10.8. The average Bonchev–Trinajstić information content (AvgIpc) is 3.79. The Bertz CT molecular complexity index is 2270. The van der Waals surface area contributed by atoms with Crippen molar-refractivity contribution in [2.75, 3.05) is 27.3 Å². The molecule has 16 heteroatoms. The number of amides is 4. The number of hydrogen-bond acceptors (Lipinski definition) is 10. The van der Waals surface area contributed by atoms with E-state index < -0.39 is 12.2 Å². The number of ether oxygens (including phenoxy) is 2. The molecule has 2 aromatic carbocycles. The summed E-state index contributed by atoms with van der Waals surface area (Å²) in [5, 5.41) is 4.99. The topological polar surface area (TPSA) is 200 Å². The summed E-state index contributed by atoms with van der Waals surface area (Å²) in [7, 11) is 2.54. The molecule has 4 fully saturated rings. The molecule has 2 aliphatic carbocycles. The largest absolute Gasteiger partial charge is 0.453 e. The molecule has 3 aromatic heterocycles. The van der Waals surface area contributed by atoms with E-state index in [2.05, 4.69) is 35.1 Å². The van der Waals surface area contributed by atoms with Crippen LogP contribution in [0.15, 0.2) is 48.8 Å². The minimum Gasteiger partial charge on any atom is -0.453 e. The number of alkyl carbamates (subject to hydrolysis) is 2. The Kier molecular flexibility index (Phi) is 7.55. The maximum Gasteiger partial charge on any atom is 0.407 e. The highest BCUT2D eigenvalue weighted by molar-refractivity contribution is 5.87. The van der Waals surface area contributed by atoms with Crippen LogP contribution in [0.1, 0.15) is 49.4 Å². The van der Waals surface area contributed by atoms with Gasteiger partial charge in [0, 0.05) is 12.1 Å². The minimum atomic E-state index is -0.640. The van der Waals surface area contributed by atoms with Crippen molar-refractivity contribution in [1.82, 2.24) is 50.3 Å². The molecule has 2 saturated carbocycles. The van der Waals surface area contributed by atoms with Gasteiger partial charge in [-0.2, -0.15) is 0 Å². The fourth-order valence-electron chi connectivity index (χ4n) is 8.06. The molecular weight excluding hydrogens is 668 g/mol. The van der Waals surface area contributed by atoms with Crippen molar-refractivity contribution < 1.29 is 28.7 Å². The third-order valence-corrected chi connectivity index (χ3v) is 10.8. The van der Waals surface area contributed by atoms with Crippen LogP contribution in [0.5, 0.6) is 0 Å². The van der Waals surface area contributed by atoms with E-state index in [9.17, 15) is 19.2 Å². The van der Waals surface area contributed by atoms with Gasteiger partial charge in [-0.05, 0) is 72.9 Å². The summed E-state index contributed by atoms with van der Waals surface area (Å²) in [6, 6.07) is 11.9. The zero-order chi connectivity index (χ0) is 35.7. The van der Waals surface area contributed by atoms with Crippen molar-refractivity contribution in [2.24, 2.45) is 11.8 Å². The first-order chi connectivity index (χ1) is 25.3. The summed E-state index contributed by atoms with van der Waals surface area (Å²) in [5.74, 6) is 2.00. The third kappa shape index (κ3) is 5.63. The summed E-state index contributed by atoms with van der Waals surface area (Å²) in [5.41, 5.74) is 6.42. The van der Waals surface area contributed by atoms with Crippen LogP contribution < -0.4 is 10.6 Å². The number of hydrogen-bond donors (Lipinski definition) is 4. The molecule has 6 atom stereocenters. The molecule has 2 aliphatic heterocycles. The van der Waals surface area contributed by atoms with Gasteiger partial charge >= 0.3 is 12.2 Å². The molecule has 266 valence electrons. The van der Waals surface area contributed by atoms with Crippen molar-refractivity contribution in [3.05, 3.63) is 60.4 Å². The lowest BCUT2D eigenvalue weighted by molar-refractivity contribution is -0.133. The molecule has 4 amide bonds. The van der Waals surface area contributed by atoms with Crippen LogP contribution in [0, 0.1) is 11.8 Å². The van der Waals surface area contributed by atoms with E-state index in [0.717, 1.165) is 64.7 Å². The summed E-state index contributed by atoms with van der Waals surface area (Å²) in [6.07, 6.45) is 5.74. The Morgan fingerprint density at radius 2 is 1.33 bits per heavy atom. The van der Waals surface area contributed by atoms with E-state index in [1.54, 1.807) is 12.4 Å². The van der Waals surface area contributed by atoms with Crippen molar-refractivity contribution >= 4 is 46.1 Å². The second-order valence-electron chi connectivity index (χ2n) is 13.9. The maximum atomic E-state index is 13.1. The predicted octanol–water partition coefficient (Wildman–Crippen LogP) is 3.60. The zero-order valence-electron chi connectivity index (χ0n) is 28.5. The van der Waals surface area contributed by atoms with E-state index >= 15 is 0 Å². The molecule has 0 spiro atoms. The second-order valence-corrected chi connectivity index (χ2v) is 13.9. The standard InChI is InChI=1S/C36H36N10O6/c1-51-35(49)39-15-31(47)45-27-9-19(27)11-29(45)33-38-14-26(44-33)25-13-37-23-7-17(3-5-21(23)41-25)18-4-6-22-24(8-18)43-34(42-22)30-12-20-10-28(20)46(30)32(48)16-40-36(50)52-2/h3-8,13-14,19-20,27-30H,9-12,15-16H2,1-2H3,(H,38,44)(H,39,49)(H,40,50)(H,42,43)/t19-,20-,27-,28-,29+,30+/m1/s1. The number of fused-ring (bicyclic) bond motifs is 4. The lowest BCUT2D eigenvalue weighted by Crippen LogP contribution is -2.41. The number of piperidine rings is 2. The number of imidazole rings is 2. The molecule has 16 nitrogen and oxygen atoms in total. The quantitative estimate of drug-likeness (QED) is 0.185. The van der Waals surface area contributed by atoms with Gasteiger partial charge in [-0.1, -0.05) is 12.1 Å². The van der Waals surface area contributed by atoms with Crippen LogP contribution >= 0.6 is 0 Å². The Morgan fingerprint density at radius 3 is 1.98 bits per heavy atom. The molecule has 4 N–H and O–H groups in total. The van der Waals surface area contributed by atoms with Crippen LogP contribution in [-0.2, 0) is 19.1 Å². The number of benzene rings is 2. The molecular formula is C36H36N10O6. The van der Waals surface area contributed by atoms with Gasteiger partial charge in [-0.25, -0.2) is 24.5 Å². The fraction of sp³-hybridized carbons (Fsp3) is 0.389. The van der Waals surface area contributed by atoms with Crippen molar-refractivity contribution in [3.63, 3.8) is 0 Å². The molecule has 2 saturated heterocycles. The Labute approximate surface area is 296 Å².